The van der Waals surface area contributed by atoms with Gasteiger partial charge in [-0.15, -0.1) is 0 Å². The van der Waals surface area contributed by atoms with E-state index >= 15 is 0 Å². The average Bonchev–Trinajstić information content (AvgIpc) is 2.42. The minimum Gasteiger partial charge on any atom is -0.518 e. The van der Waals surface area contributed by atoms with Crippen molar-refractivity contribution in [2.45, 2.75) is 51.8 Å². The molecular weight excluding hydrogens is 340 g/mol. The highest BCUT2D eigenvalue weighted by molar-refractivity contribution is 6.71. The lowest BCUT2D eigenvalue weighted by atomic mass is 10.1. The van der Waals surface area contributed by atoms with Crippen LogP contribution in [0, 0.1) is 0 Å². The highest BCUT2D eigenvalue weighted by atomic mass is 28.4. The fraction of sp³-hybridized carbons (Fsp3) is 0.588. The predicted molar refractivity (Wildman–Crippen MR) is 101 cm³/mol. The van der Waals surface area contributed by atoms with Crippen molar-refractivity contribution in [1.29, 1.82) is 0 Å². The van der Waals surface area contributed by atoms with Gasteiger partial charge in [-0.3, -0.25) is 4.79 Å². The van der Waals surface area contributed by atoms with Gasteiger partial charge in [-0.2, -0.15) is 0 Å². The van der Waals surface area contributed by atoms with Gasteiger partial charge in [0.25, 0.3) is 0 Å². The predicted octanol–water partition coefficient (Wildman–Crippen LogP) is 3.84. The molecule has 24 heavy (non-hydrogen) atoms. The quantitative estimate of drug-likeness (QED) is 0.651. The van der Waals surface area contributed by atoms with Crippen LogP contribution >= 0.6 is 0 Å². The van der Waals surface area contributed by atoms with Gasteiger partial charge in [0.1, 0.15) is 6.10 Å². The van der Waals surface area contributed by atoms with Crippen LogP contribution in [-0.2, 0) is 20.1 Å². The standard InChI is InChI=1S/C17H30O5Si2/c1-19-14-11-9-10-13(16(14)20-2)12-15(21-23(3,4)5)17(18)22-24(6,7)8/h9-11,15H,12H2,1-8H3. The van der Waals surface area contributed by atoms with Crippen LogP contribution in [0.2, 0.25) is 39.3 Å². The summed E-state index contributed by atoms with van der Waals surface area (Å²) >= 11 is 0. The van der Waals surface area contributed by atoms with Crippen molar-refractivity contribution < 1.29 is 23.1 Å². The summed E-state index contributed by atoms with van der Waals surface area (Å²) in [6.07, 6.45) is -0.238. The fourth-order valence-corrected chi connectivity index (χ4v) is 4.05. The van der Waals surface area contributed by atoms with Gasteiger partial charge in [0, 0.05) is 12.0 Å². The Hall–Kier alpha value is -1.32. The summed E-state index contributed by atoms with van der Waals surface area (Å²) in [7, 11) is -0.717. The van der Waals surface area contributed by atoms with Crippen LogP contribution in [0.15, 0.2) is 18.2 Å². The number of hydrogen-bond acceptors (Lipinski definition) is 5. The molecule has 0 bridgehead atoms. The third-order valence-electron chi connectivity index (χ3n) is 3.06. The van der Waals surface area contributed by atoms with Gasteiger partial charge in [0.05, 0.1) is 14.2 Å². The Bertz CT molecular complexity index is 561. The van der Waals surface area contributed by atoms with Crippen molar-refractivity contribution in [1.82, 2.24) is 0 Å². The molecule has 0 spiro atoms. The molecule has 136 valence electrons. The summed E-state index contributed by atoms with van der Waals surface area (Å²) in [5, 5.41) is 0. The molecule has 0 heterocycles. The van der Waals surface area contributed by atoms with E-state index in [0.29, 0.717) is 17.9 Å². The highest BCUT2D eigenvalue weighted by Gasteiger charge is 2.32. The van der Waals surface area contributed by atoms with E-state index in [-0.39, 0.29) is 5.97 Å². The number of hydrogen-bond donors (Lipinski definition) is 0. The van der Waals surface area contributed by atoms with Gasteiger partial charge in [-0.1, -0.05) is 12.1 Å². The van der Waals surface area contributed by atoms with Gasteiger partial charge >= 0.3 is 5.97 Å². The van der Waals surface area contributed by atoms with E-state index in [9.17, 15) is 4.79 Å². The lowest BCUT2D eigenvalue weighted by Gasteiger charge is -2.28. The smallest absolute Gasteiger partial charge is 0.321 e. The van der Waals surface area contributed by atoms with Crippen molar-refractivity contribution >= 4 is 22.6 Å². The Morgan fingerprint density at radius 3 is 2.08 bits per heavy atom. The van der Waals surface area contributed by atoms with Crippen LogP contribution in [0.25, 0.3) is 0 Å². The number of ether oxygens (including phenoxy) is 2. The fourth-order valence-electron chi connectivity index (χ4n) is 2.28. The third kappa shape index (κ3) is 6.66. The van der Waals surface area contributed by atoms with E-state index < -0.39 is 22.7 Å². The van der Waals surface area contributed by atoms with Gasteiger partial charge in [-0.25, -0.2) is 0 Å². The number of methoxy groups -OCH3 is 2. The summed E-state index contributed by atoms with van der Waals surface area (Å²) in [5.41, 5.74) is 0.868. The second kappa shape index (κ2) is 8.18. The molecule has 0 aliphatic heterocycles. The van der Waals surface area contributed by atoms with Crippen LogP contribution in [0.5, 0.6) is 11.5 Å². The van der Waals surface area contributed by atoms with Gasteiger partial charge in [0.2, 0.25) is 8.32 Å². The maximum atomic E-state index is 12.6. The first-order valence-corrected chi connectivity index (χ1v) is 14.9. The molecule has 1 aromatic rings. The summed E-state index contributed by atoms with van der Waals surface area (Å²) in [5.74, 6) is 0.978. The number of carbonyl (C=O) groups is 1. The van der Waals surface area contributed by atoms with Crippen LogP contribution in [-0.4, -0.2) is 42.9 Å². The molecular formula is C17H30O5Si2. The van der Waals surface area contributed by atoms with Crippen molar-refractivity contribution in [3.63, 3.8) is 0 Å². The lowest BCUT2D eigenvalue weighted by Crippen LogP contribution is -2.42. The second-order valence-electron chi connectivity index (χ2n) is 7.61. The maximum Gasteiger partial charge on any atom is 0.321 e. The first-order chi connectivity index (χ1) is 11.0. The first-order valence-electron chi connectivity index (χ1n) is 8.07. The van der Waals surface area contributed by atoms with Crippen molar-refractivity contribution in [2.75, 3.05) is 14.2 Å². The van der Waals surface area contributed by atoms with Crippen LogP contribution in [0.4, 0.5) is 0 Å². The molecule has 1 aromatic carbocycles. The number of rotatable bonds is 8. The number of benzene rings is 1. The zero-order valence-electron chi connectivity index (χ0n) is 16.1. The molecule has 0 fully saturated rings. The second-order valence-corrected chi connectivity index (χ2v) is 16.5. The third-order valence-corrected chi connectivity index (χ3v) is 4.86. The van der Waals surface area contributed by atoms with E-state index in [4.69, 9.17) is 18.3 Å². The summed E-state index contributed by atoms with van der Waals surface area (Å²) in [4.78, 5) is 12.6. The minimum atomic E-state index is -1.99. The largest absolute Gasteiger partial charge is 0.518 e. The zero-order valence-corrected chi connectivity index (χ0v) is 18.1. The monoisotopic (exact) mass is 370 g/mol. The van der Waals surface area contributed by atoms with Gasteiger partial charge < -0.3 is 18.3 Å². The lowest BCUT2D eigenvalue weighted by molar-refractivity contribution is -0.143. The molecule has 0 saturated heterocycles. The van der Waals surface area contributed by atoms with E-state index in [1.807, 2.05) is 37.8 Å². The Morgan fingerprint density at radius 1 is 1.00 bits per heavy atom. The van der Waals surface area contributed by atoms with Crippen LogP contribution in [0.1, 0.15) is 5.56 Å². The van der Waals surface area contributed by atoms with Gasteiger partial charge in [0.15, 0.2) is 19.8 Å². The first kappa shape index (κ1) is 20.7. The molecule has 0 saturated carbocycles. The molecule has 0 aliphatic carbocycles. The molecule has 0 amide bonds. The number of carbonyl (C=O) groups excluding carboxylic acids is 1. The molecule has 0 radical (unpaired) electrons. The Labute approximate surface area is 147 Å². The molecule has 1 unspecified atom stereocenters. The topological polar surface area (TPSA) is 54.0 Å². The van der Waals surface area contributed by atoms with E-state index in [2.05, 4.69) is 19.6 Å². The maximum absolute atomic E-state index is 12.6. The molecule has 5 nitrogen and oxygen atoms in total. The Morgan fingerprint density at radius 2 is 1.62 bits per heavy atom. The van der Waals surface area contributed by atoms with E-state index in [1.54, 1.807) is 14.2 Å². The number of para-hydroxylation sites is 1. The van der Waals surface area contributed by atoms with Crippen molar-refractivity contribution in [2.24, 2.45) is 0 Å². The SMILES string of the molecule is COc1cccc(CC(O[Si](C)(C)C)C(=O)O[Si](C)(C)C)c1OC. The molecule has 0 aromatic heterocycles. The van der Waals surface area contributed by atoms with E-state index in [1.165, 1.54) is 0 Å². The molecule has 0 aliphatic rings. The van der Waals surface area contributed by atoms with Crippen LogP contribution in [0.3, 0.4) is 0 Å². The van der Waals surface area contributed by atoms with E-state index in [0.717, 1.165) is 5.56 Å². The van der Waals surface area contributed by atoms with Crippen molar-refractivity contribution in [3.8, 4) is 11.5 Å². The normalized spacial score (nSPS) is 13.3. The Kier molecular flexibility index (Phi) is 7.06. The molecule has 0 N–H and O–H groups in total. The summed E-state index contributed by atoms with van der Waals surface area (Å²) < 4.78 is 22.6. The average molecular weight is 371 g/mol. The van der Waals surface area contributed by atoms with Gasteiger partial charge in [-0.05, 0) is 45.3 Å². The zero-order chi connectivity index (χ0) is 18.5. The summed E-state index contributed by atoms with van der Waals surface area (Å²) in [6.45, 7) is 12.1. The molecule has 7 heteroatoms. The van der Waals surface area contributed by atoms with Crippen molar-refractivity contribution in [3.05, 3.63) is 23.8 Å². The van der Waals surface area contributed by atoms with Crippen LogP contribution < -0.4 is 9.47 Å². The molecule has 1 rings (SSSR count). The Balaban J connectivity index is 3.11. The highest BCUT2D eigenvalue weighted by Crippen LogP contribution is 2.32. The molecule has 1 atom stereocenters. The minimum absolute atomic E-state index is 0.290. The summed E-state index contributed by atoms with van der Waals surface area (Å²) in [6, 6.07) is 5.63.